The van der Waals surface area contributed by atoms with Crippen LogP contribution < -0.4 is 10.5 Å². The summed E-state index contributed by atoms with van der Waals surface area (Å²) in [5.74, 6) is 1.02. The van der Waals surface area contributed by atoms with E-state index in [2.05, 4.69) is 15.0 Å². The SMILES string of the molecule is CC(C)Oc1ccc2nc(-c3cccnc3N)n(O)c2n1. The number of nitrogens with zero attached hydrogens (tertiary/aromatic N) is 4. The highest BCUT2D eigenvalue weighted by Gasteiger charge is 2.16. The first-order valence-corrected chi connectivity index (χ1v) is 6.52. The van der Waals surface area contributed by atoms with Crippen LogP contribution in [0, 0.1) is 0 Å². The normalized spacial score (nSPS) is 11.2. The van der Waals surface area contributed by atoms with Crippen molar-refractivity contribution in [1.82, 2.24) is 19.7 Å². The van der Waals surface area contributed by atoms with Crippen LogP contribution in [0.4, 0.5) is 5.82 Å². The van der Waals surface area contributed by atoms with Crippen molar-refractivity contribution < 1.29 is 9.94 Å². The smallest absolute Gasteiger partial charge is 0.215 e. The van der Waals surface area contributed by atoms with Crippen LogP contribution in [-0.4, -0.2) is 31.0 Å². The fraction of sp³-hybridized carbons (Fsp3) is 0.214. The van der Waals surface area contributed by atoms with Crippen LogP contribution in [0.25, 0.3) is 22.6 Å². The Morgan fingerprint density at radius 2 is 2.05 bits per heavy atom. The van der Waals surface area contributed by atoms with Crippen molar-refractivity contribution in [3.63, 3.8) is 0 Å². The second-order valence-corrected chi connectivity index (χ2v) is 4.84. The minimum Gasteiger partial charge on any atom is -0.475 e. The van der Waals surface area contributed by atoms with Gasteiger partial charge in [0.25, 0.3) is 0 Å². The third-order valence-corrected chi connectivity index (χ3v) is 2.89. The lowest BCUT2D eigenvalue weighted by atomic mass is 10.2. The largest absolute Gasteiger partial charge is 0.475 e. The van der Waals surface area contributed by atoms with E-state index in [1.165, 1.54) is 0 Å². The number of nitrogen functional groups attached to an aromatic ring is 1. The fourth-order valence-corrected chi connectivity index (χ4v) is 2.02. The Morgan fingerprint density at radius 1 is 1.24 bits per heavy atom. The van der Waals surface area contributed by atoms with Crippen LogP contribution in [0.1, 0.15) is 13.8 Å². The summed E-state index contributed by atoms with van der Waals surface area (Å²) in [4.78, 5) is 12.6. The topological polar surface area (TPSA) is 99.1 Å². The van der Waals surface area contributed by atoms with Crippen LogP contribution in [0.2, 0.25) is 0 Å². The van der Waals surface area contributed by atoms with Crippen molar-refractivity contribution in [3.8, 4) is 17.3 Å². The number of hydrogen-bond donors (Lipinski definition) is 2. The van der Waals surface area contributed by atoms with E-state index in [-0.39, 0.29) is 6.10 Å². The van der Waals surface area contributed by atoms with Crippen LogP contribution in [0.5, 0.6) is 5.88 Å². The van der Waals surface area contributed by atoms with E-state index in [1.807, 2.05) is 13.8 Å². The zero-order valence-corrected chi connectivity index (χ0v) is 11.7. The van der Waals surface area contributed by atoms with Gasteiger partial charge in [-0.1, -0.05) is 0 Å². The summed E-state index contributed by atoms with van der Waals surface area (Å²) in [6.45, 7) is 3.81. The first kappa shape index (κ1) is 13.2. The van der Waals surface area contributed by atoms with E-state index in [4.69, 9.17) is 10.5 Å². The van der Waals surface area contributed by atoms with Crippen molar-refractivity contribution in [2.45, 2.75) is 20.0 Å². The Balaban J connectivity index is 2.14. The van der Waals surface area contributed by atoms with E-state index in [1.54, 1.807) is 30.5 Å². The molecular weight excluding hydrogens is 270 g/mol. The molecule has 3 rings (SSSR count). The third kappa shape index (κ3) is 2.33. The number of ether oxygens (including phenoxy) is 1. The van der Waals surface area contributed by atoms with Gasteiger partial charge in [-0.15, -0.1) is 4.73 Å². The Hall–Kier alpha value is -2.83. The van der Waals surface area contributed by atoms with Gasteiger partial charge in [0.15, 0.2) is 11.5 Å². The molecule has 0 aromatic carbocycles. The van der Waals surface area contributed by atoms with Crippen molar-refractivity contribution in [2.24, 2.45) is 0 Å². The fourth-order valence-electron chi connectivity index (χ4n) is 2.02. The van der Waals surface area contributed by atoms with Crippen LogP contribution in [0.15, 0.2) is 30.5 Å². The third-order valence-electron chi connectivity index (χ3n) is 2.89. The molecule has 7 heteroatoms. The summed E-state index contributed by atoms with van der Waals surface area (Å²) in [6, 6.07) is 6.92. The van der Waals surface area contributed by atoms with Gasteiger partial charge >= 0.3 is 0 Å². The highest BCUT2D eigenvalue weighted by Crippen LogP contribution is 2.26. The summed E-state index contributed by atoms with van der Waals surface area (Å²) < 4.78 is 6.41. The molecule has 0 aliphatic carbocycles. The van der Waals surface area contributed by atoms with Crippen LogP contribution in [-0.2, 0) is 0 Å². The highest BCUT2D eigenvalue weighted by molar-refractivity contribution is 5.80. The Morgan fingerprint density at radius 3 is 2.76 bits per heavy atom. The summed E-state index contributed by atoms with van der Waals surface area (Å²) in [5.41, 5.74) is 7.22. The summed E-state index contributed by atoms with van der Waals surface area (Å²) >= 11 is 0. The average molecular weight is 285 g/mol. The van der Waals surface area contributed by atoms with Gasteiger partial charge in [-0.05, 0) is 32.0 Å². The Labute approximate surface area is 121 Å². The molecule has 3 aromatic rings. The predicted molar refractivity (Wildman–Crippen MR) is 78.1 cm³/mol. The lowest BCUT2D eigenvalue weighted by molar-refractivity contribution is 0.198. The number of hydrogen-bond acceptors (Lipinski definition) is 6. The molecule has 21 heavy (non-hydrogen) atoms. The number of anilines is 1. The van der Waals surface area contributed by atoms with Gasteiger partial charge in [-0.3, -0.25) is 0 Å². The van der Waals surface area contributed by atoms with Crippen LogP contribution in [0.3, 0.4) is 0 Å². The molecule has 108 valence electrons. The monoisotopic (exact) mass is 285 g/mol. The number of nitrogens with two attached hydrogens (primary N) is 1. The van der Waals surface area contributed by atoms with Gasteiger partial charge in [0, 0.05) is 12.3 Å². The molecule has 0 amide bonds. The van der Waals surface area contributed by atoms with E-state index in [9.17, 15) is 5.21 Å². The van der Waals surface area contributed by atoms with Crippen LogP contribution >= 0.6 is 0 Å². The van der Waals surface area contributed by atoms with E-state index in [0.29, 0.717) is 34.2 Å². The van der Waals surface area contributed by atoms with Crippen molar-refractivity contribution in [3.05, 3.63) is 30.5 Å². The molecule has 0 fully saturated rings. The molecule has 0 saturated heterocycles. The van der Waals surface area contributed by atoms with E-state index >= 15 is 0 Å². The first-order chi connectivity index (χ1) is 10.1. The van der Waals surface area contributed by atoms with Gasteiger partial charge in [0.2, 0.25) is 5.88 Å². The molecule has 0 unspecified atom stereocenters. The van der Waals surface area contributed by atoms with Gasteiger partial charge in [-0.2, -0.15) is 4.98 Å². The standard InChI is InChI=1S/C14H15N5O2/c1-8(2)21-11-6-5-10-14(18-11)19(20)13(17-10)9-4-3-7-16-12(9)15/h3-8,20H,1-2H3,(H2,15,16). The Bertz CT molecular complexity index is 797. The number of fused-ring (bicyclic) bond motifs is 1. The first-order valence-electron chi connectivity index (χ1n) is 6.52. The van der Waals surface area contributed by atoms with E-state index < -0.39 is 0 Å². The van der Waals surface area contributed by atoms with E-state index in [0.717, 1.165) is 4.73 Å². The number of aromatic nitrogens is 4. The molecule has 0 radical (unpaired) electrons. The molecule has 3 heterocycles. The van der Waals surface area contributed by atoms with Gasteiger partial charge < -0.3 is 15.7 Å². The molecule has 0 saturated carbocycles. The second-order valence-electron chi connectivity index (χ2n) is 4.84. The lowest BCUT2D eigenvalue weighted by Crippen LogP contribution is -2.07. The zero-order chi connectivity index (χ0) is 15.0. The van der Waals surface area contributed by atoms with Crippen molar-refractivity contribution in [1.29, 1.82) is 0 Å². The van der Waals surface area contributed by atoms with Gasteiger partial charge in [-0.25, -0.2) is 9.97 Å². The molecular formula is C14H15N5O2. The second kappa shape index (κ2) is 4.93. The highest BCUT2D eigenvalue weighted by atomic mass is 16.5. The number of rotatable bonds is 3. The maximum absolute atomic E-state index is 10.3. The molecule has 0 atom stereocenters. The molecule has 3 aromatic heterocycles. The predicted octanol–water partition coefficient (Wildman–Crippen LogP) is 2.10. The number of imidazole rings is 1. The van der Waals surface area contributed by atoms with Gasteiger partial charge in [0.05, 0.1) is 11.7 Å². The molecule has 0 bridgehead atoms. The maximum atomic E-state index is 10.3. The van der Waals surface area contributed by atoms with Crippen molar-refractivity contribution >= 4 is 17.0 Å². The molecule has 0 aliphatic heterocycles. The Kier molecular flexibility index (Phi) is 3.09. The quantitative estimate of drug-likeness (QED) is 0.715. The molecule has 7 nitrogen and oxygen atoms in total. The maximum Gasteiger partial charge on any atom is 0.215 e. The van der Waals surface area contributed by atoms with Gasteiger partial charge in [0.1, 0.15) is 11.3 Å². The molecule has 0 aliphatic rings. The average Bonchev–Trinajstić information content (AvgIpc) is 2.76. The zero-order valence-electron chi connectivity index (χ0n) is 11.7. The summed E-state index contributed by atoms with van der Waals surface area (Å²) in [7, 11) is 0. The minimum atomic E-state index is -0.00143. The molecule has 3 N–H and O–H groups in total. The molecule has 0 spiro atoms. The van der Waals surface area contributed by atoms with Crippen molar-refractivity contribution in [2.75, 3.05) is 5.73 Å². The minimum absolute atomic E-state index is 0.00143. The summed E-state index contributed by atoms with van der Waals surface area (Å²) in [5, 5.41) is 10.3. The lowest BCUT2D eigenvalue weighted by Gasteiger charge is -2.08. The summed E-state index contributed by atoms with van der Waals surface area (Å²) in [6.07, 6.45) is 1.58. The number of pyridine rings is 2.